The monoisotopic (exact) mass is 401 g/mol. The smallest absolute Gasteiger partial charge is 0.229 e. The molecule has 1 atom stereocenters. The first-order valence-corrected chi connectivity index (χ1v) is 9.73. The Morgan fingerprint density at radius 1 is 1.21 bits per heavy atom. The first-order valence-electron chi connectivity index (χ1n) is 9.73. The van der Waals surface area contributed by atoms with Gasteiger partial charge in [-0.1, -0.05) is 0 Å². The highest BCUT2D eigenvalue weighted by Crippen LogP contribution is 2.29. The third kappa shape index (κ3) is 4.55. The second-order valence-electron chi connectivity index (χ2n) is 7.42. The predicted molar refractivity (Wildman–Crippen MR) is 110 cm³/mol. The summed E-state index contributed by atoms with van der Waals surface area (Å²) in [5, 5.41) is 2.82. The highest BCUT2D eigenvalue weighted by atomic mass is 19.1. The van der Waals surface area contributed by atoms with Gasteiger partial charge in [-0.2, -0.15) is 0 Å². The second kappa shape index (κ2) is 8.59. The Kier molecular flexibility index (Phi) is 6.15. The van der Waals surface area contributed by atoms with Crippen molar-refractivity contribution in [1.82, 2.24) is 0 Å². The van der Waals surface area contributed by atoms with Crippen molar-refractivity contribution >= 4 is 28.9 Å². The summed E-state index contributed by atoms with van der Waals surface area (Å²) in [5.74, 6) is -2.79. The van der Waals surface area contributed by atoms with Crippen LogP contribution < -0.4 is 15.1 Å². The van der Waals surface area contributed by atoms with E-state index in [0.717, 1.165) is 24.4 Å². The van der Waals surface area contributed by atoms with Crippen LogP contribution in [0.1, 0.15) is 27.2 Å². The van der Waals surface area contributed by atoms with E-state index in [9.17, 15) is 18.4 Å². The van der Waals surface area contributed by atoms with Crippen LogP contribution in [0.5, 0.6) is 0 Å². The summed E-state index contributed by atoms with van der Waals surface area (Å²) in [6.45, 7) is 7.26. The average Bonchev–Trinajstić information content (AvgIpc) is 3.05. The molecule has 1 unspecified atom stereocenters. The maximum Gasteiger partial charge on any atom is 0.229 e. The fourth-order valence-electron chi connectivity index (χ4n) is 3.64. The van der Waals surface area contributed by atoms with Crippen molar-refractivity contribution in [2.75, 3.05) is 28.2 Å². The van der Waals surface area contributed by atoms with Crippen LogP contribution in [0.2, 0.25) is 0 Å². The molecule has 154 valence electrons. The van der Waals surface area contributed by atoms with Crippen molar-refractivity contribution in [1.29, 1.82) is 0 Å². The average molecular weight is 401 g/mol. The molecule has 1 aliphatic heterocycles. The van der Waals surface area contributed by atoms with E-state index in [-0.39, 0.29) is 30.5 Å². The Bertz CT molecular complexity index is 899. The minimum absolute atomic E-state index is 0.00982. The number of amides is 2. The van der Waals surface area contributed by atoms with Gasteiger partial charge in [0.25, 0.3) is 0 Å². The number of hydrogen-bond acceptors (Lipinski definition) is 3. The molecule has 2 aromatic carbocycles. The van der Waals surface area contributed by atoms with Crippen LogP contribution in [-0.4, -0.2) is 30.9 Å². The molecule has 1 heterocycles. The van der Waals surface area contributed by atoms with Gasteiger partial charge in [-0.05, 0) is 57.2 Å². The van der Waals surface area contributed by atoms with Gasteiger partial charge in [0.1, 0.15) is 11.6 Å². The van der Waals surface area contributed by atoms with Crippen LogP contribution in [0.15, 0.2) is 42.5 Å². The standard InChI is InChI=1S/C22H25F2N3O2/c1-4-26(14(2)3)18-8-6-17(7-9-18)25-22(29)15-11-21(28)27(13-15)20-10-5-16(23)12-19(20)24/h5-10,12,14-15H,4,11,13H2,1-3H3,(H,25,29). The first kappa shape index (κ1) is 20.8. The SMILES string of the molecule is CCN(c1ccc(NC(=O)C2CC(=O)N(c3ccc(F)cc3F)C2)cc1)C(C)C. The molecule has 0 radical (unpaired) electrons. The number of hydrogen-bond donors (Lipinski definition) is 1. The minimum atomic E-state index is -0.819. The van der Waals surface area contributed by atoms with Crippen LogP contribution in [0.25, 0.3) is 0 Å². The Morgan fingerprint density at radius 2 is 1.90 bits per heavy atom. The number of benzene rings is 2. The number of halogens is 2. The van der Waals surface area contributed by atoms with Crippen molar-refractivity contribution < 1.29 is 18.4 Å². The molecule has 0 aliphatic carbocycles. The third-order valence-electron chi connectivity index (χ3n) is 5.13. The Labute approximate surface area is 169 Å². The zero-order valence-electron chi connectivity index (χ0n) is 16.8. The third-order valence-corrected chi connectivity index (χ3v) is 5.13. The largest absolute Gasteiger partial charge is 0.369 e. The van der Waals surface area contributed by atoms with E-state index in [1.54, 1.807) is 0 Å². The molecule has 0 aromatic heterocycles. The number of nitrogens with one attached hydrogen (secondary N) is 1. The van der Waals surface area contributed by atoms with Crippen molar-refractivity contribution in [3.05, 3.63) is 54.1 Å². The fraction of sp³-hybridized carbons (Fsp3) is 0.364. The molecule has 0 saturated carbocycles. The van der Waals surface area contributed by atoms with E-state index in [0.29, 0.717) is 11.7 Å². The van der Waals surface area contributed by atoms with E-state index in [1.807, 2.05) is 24.3 Å². The lowest BCUT2D eigenvalue weighted by molar-refractivity contribution is -0.122. The molecule has 29 heavy (non-hydrogen) atoms. The van der Waals surface area contributed by atoms with Gasteiger partial charge in [0.15, 0.2) is 0 Å². The Morgan fingerprint density at radius 3 is 2.48 bits per heavy atom. The quantitative estimate of drug-likeness (QED) is 0.790. The number of nitrogens with zero attached hydrogens (tertiary/aromatic N) is 2. The maximum atomic E-state index is 14.0. The van der Waals surface area contributed by atoms with Crippen molar-refractivity contribution in [3.63, 3.8) is 0 Å². The van der Waals surface area contributed by atoms with Gasteiger partial charge >= 0.3 is 0 Å². The van der Waals surface area contributed by atoms with Gasteiger partial charge < -0.3 is 15.1 Å². The molecule has 1 N–H and O–H groups in total. The molecule has 1 saturated heterocycles. The van der Waals surface area contributed by atoms with Gasteiger partial charge in [0.2, 0.25) is 11.8 Å². The second-order valence-corrected chi connectivity index (χ2v) is 7.42. The van der Waals surface area contributed by atoms with E-state index in [1.165, 1.54) is 11.0 Å². The highest BCUT2D eigenvalue weighted by molar-refractivity contribution is 6.03. The molecule has 7 heteroatoms. The molecular weight excluding hydrogens is 376 g/mol. The lowest BCUT2D eigenvalue weighted by Crippen LogP contribution is -2.30. The van der Waals surface area contributed by atoms with E-state index in [2.05, 4.69) is 31.0 Å². The fourth-order valence-corrected chi connectivity index (χ4v) is 3.64. The molecule has 1 fully saturated rings. The van der Waals surface area contributed by atoms with Crippen LogP contribution in [0.3, 0.4) is 0 Å². The molecule has 0 spiro atoms. The molecule has 3 rings (SSSR count). The molecule has 2 aromatic rings. The lowest BCUT2D eigenvalue weighted by Gasteiger charge is -2.27. The van der Waals surface area contributed by atoms with Crippen LogP contribution in [0.4, 0.5) is 25.8 Å². The van der Waals surface area contributed by atoms with Crippen molar-refractivity contribution in [2.45, 2.75) is 33.2 Å². The predicted octanol–water partition coefficient (Wildman–Crippen LogP) is 4.19. The van der Waals surface area contributed by atoms with Crippen molar-refractivity contribution in [2.24, 2.45) is 5.92 Å². The van der Waals surface area contributed by atoms with Crippen LogP contribution >= 0.6 is 0 Å². The molecule has 2 amide bonds. The lowest BCUT2D eigenvalue weighted by atomic mass is 10.1. The van der Waals surface area contributed by atoms with E-state index >= 15 is 0 Å². The van der Waals surface area contributed by atoms with Crippen LogP contribution in [-0.2, 0) is 9.59 Å². The summed E-state index contributed by atoms with van der Waals surface area (Å²) in [6, 6.07) is 10.9. The summed E-state index contributed by atoms with van der Waals surface area (Å²) in [5.41, 5.74) is 1.69. The summed E-state index contributed by atoms with van der Waals surface area (Å²) in [6.07, 6.45) is -0.0162. The number of carbonyl (C=O) groups is 2. The number of anilines is 3. The zero-order chi connectivity index (χ0) is 21.1. The molecule has 0 bridgehead atoms. The normalized spacial score (nSPS) is 16.4. The number of rotatable bonds is 6. The Hall–Kier alpha value is -2.96. The van der Waals surface area contributed by atoms with Gasteiger partial charge in [0.05, 0.1) is 11.6 Å². The highest BCUT2D eigenvalue weighted by Gasteiger charge is 2.36. The van der Waals surface area contributed by atoms with E-state index < -0.39 is 17.6 Å². The van der Waals surface area contributed by atoms with Gasteiger partial charge in [-0.15, -0.1) is 0 Å². The molecule has 1 aliphatic rings. The summed E-state index contributed by atoms with van der Waals surface area (Å²) < 4.78 is 27.1. The molecular formula is C22H25F2N3O2. The van der Waals surface area contributed by atoms with Crippen molar-refractivity contribution in [3.8, 4) is 0 Å². The minimum Gasteiger partial charge on any atom is -0.369 e. The summed E-state index contributed by atoms with van der Waals surface area (Å²) in [7, 11) is 0. The van der Waals surface area contributed by atoms with Gasteiger partial charge in [-0.3, -0.25) is 9.59 Å². The molecule has 5 nitrogen and oxygen atoms in total. The number of carbonyl (C=O) groups excluding carboxylic acids is 2. The Balaban J connectivity index is 1.66. The first-order chi connectivity index (χ1) is 13.8. The summed E-state index contributed by atoms with van der Waals surface area (Å²) in [4.78, 5) is 28.3. The van der Waals surface area contributed by atoms with Crippen LogP contribution in [0, 0.1) is 17.6 Å². The van der Waals surface area contributed by atoms with E-state index in [4.69, 9.17) is 0 Å². The zero-order valence-corrected chi connectivity index (χ0v) is 16.8. The maximum absolute atomic E-state index is 14.0. The van der Waals surface area contributed by atoms with Gasteiger partial charge in [-0.25, -0.2) is 8.78 Å². The van der Waals surface area contributed by atoms with Gasteiger partial charge in [0, 0.05) is 43.0 Å². The topological polar surface area (TPSA) is 52.7 Å². The summed E-state index contributed by atoms with van der Waals surface area (Å²) >= 11 is 0.